The topological polar surface area (TPSA) is 56.8 Å². The Morgan fingerprint density at radius 1 is 0.968 bits per heavy atom. The summed E-state index contributed by atoms with van der Waals surface area (Å²) in [6.45, 7) is 3.58. The Hall–Kier alpha value is -2.37. The largest absolute Gasteiger partial charge is 0.496 e. The lowest BCUT2D eigenvalue weighted by atomic mass is 9.73. The Labute approximate surface area is 185 Å². The summed E-state index contributed by atoms with van der Waals surface area (Å²) in [5.41, 5.74) is 2.92. The van der Waals surface area contributed by atoms with Crippen molar-refractivity contribution >= 4 is 5.91 Å². The van der Waals surface area contributed by atoms with E-state index in [0.29, 0.717) is 25.6 Å². The van der Waals surface area contributed by atoms with Crippen LogP contribution in [-0.2, 0) is 20.7 Å². The summed E-state index contributed by atoms with van der Waals surface area (Å²) in [4.78, 5) is 13.5. The highest BCUT2D eigenvalue weighted by atomic mass is 16.5. The zero-order valence-electron chi connectivity index (χ0n) is 18.4. The van der Waals surface area contributed by atoms with Crippen LogP contribution in [0.1, 0.15) is 31.2 Å². The molecule has 1 amide bonds. The van der Waals surface area contributed by atoms with Crippen molar-refractivity contribution in [1.29, 1.82) is 0 Å². The number of amides is 1. The number of carbonyl (C=O) groups excluding carboxylic acids is 1. The van der Waals surface area contributed by atoms with E-state index in [9.17, 15) is 4.79 Å². The molecule has 2 aliphatic rings. The van der Waals surface area contributed by atoms with E-state index in [1.165, 1.54) is 5.56 Å². The average molecular weight is 424 g/mol. The van der Waals surface area contributed by atoms with Gasteiger partial charge in [0.2, 0.25) is 5.91 Å². The van der Waals surface area contributed by atoms with Gasteiger partial charge in [0.1, 0.15) is 5.75 Å². The summed E-state index contributed by atoms with van der Waals surface area (Å²) < 4.78 is 16.7. The summed E-state index contributed by atoms with van der Waals surface area (Å²) in [5.74, 6) is 1.52. The fourth-order valence-corrected chi connectivity index (χ4v) is 4.79. The van der Waals surface area contributed by atoms with Crippen molar-refractivity contribution in [3.63, 3.8) is 0 Å². The first-order valence-electron chi connectivity index (χ1n) is 11.4. The molecule has 0 spiro atoms. The minimum absolute atomic E-state index is 0.164. The normalized spacial score (nSPS) is 19.0. The van der Waals surface area contributed by atoms with Gasteiger partial charge in [-0.05, 0) is 55.2 Å². The van der Waals surface area contributed by atoms with Crippen LogP contribution in [-0.4, -0.2) is 46.0 Å². The molecule has 0 aliphatic carbocycles. The van der Waals surface area contributed by atoms with Crippen LogP contribution in [0.15, 0.2) is 48.5 Å². The fourth-order valence-electron chi connectivity index (χ4n) is 4.79. The number of carbonyl (C=O) groups is 1. The minimum atomic E-state index is -0.443. The molecular weight excluding hydrogens is 390 g/mol. The van der Waals surface area contributed by atoms with Crippen molar-refractivity contribution in [2.45, 2.75) is 32.1 Å². The van der Waals surface area contributed by atoms with Gasteiger partial charge in [-0.25, -0.2) is 0 Å². The van der Waals surface area contributed by atoms with Crippen LogP contribution in [0.4, 0.5) is 0 Å². The lowest BCUT2D eigenvalue weighted by Crippen LogP contribution is -2.47. The molecule has 0 atom stereocenters. The van der Waals surface area contributed by atoms with Crippen molar-refractivity contribution in [1.82, 2.24) is 5.32 Å². The third kappa shape index (κ3) is 5.10. The van der Waals surface area contributed by atoms with Crippen molar-refractivity contribution in [3.8, 4) is 16.9 Å². The van der Waals surface area contributed by atoms with Gasteiger partial charge in [0.25, 0.3) is 0 Å². The quantitative estimate of drug-likeness (QED) is 0.724. The van der Waals surface area contributed by atoms with E-state index in [1.807, 2.05) is 24.3 Å². The van der Waals surface area contributed by atoms with E-state index in [4.69, 9.17) is 14.2 Å². The van der Waals surface area contributed by atoms with E-state index in [0.717, 1.165) is 62.3 Å². The summed E-state index contributed by atoms with van der Waals surface area (Å²) >= 11 is 0. The third-order valence-electron chi connectivity index (χ3n) is 6.77. The van der Waals surface area contributed by atoms with Crippen LogP contribution >= 0.6 is 0 Å². The Balaban J connectivity index is 1.58. The Morgan fingerprint density at radius 3 is 2.35 bits per heavy atom. The molecule has 2 fully saturated rings. The molecule has 31 heavy (non-hydrogen) atoms. The zero-order chi connectivity index (χ0) is 21.5. The van der Waals surface area contributed by atoms with Crippen molar-refractivity contribution < 1.29 is 19.0 Å². The number of rotatable bonds is 7. The predicted octanol–water partition coefficient (Wildman–Crippen LogP) is 4.24. The Kier molecular flexibility index (Phi) is 7.25. The SMILES string of the molecule is COc1ccccc1-c1ccccc1CC1(C(=O)NCC2CCOCC2)CCOCC1. The van der Waals surface area contributed by atoms with Crippen LogP contribution in [0, 0.1) is 11.3 Å². The smallest absolute Gasteiger partial charge is 0.226 e. The highest BCUT2D eigenvalue weighted by molar-refractivity contribution is 5.84. The molecule has 166 valence electrons. The Bertz CT molecular complexity index is 869. The first-order valence-corrected chi connectivity index (χ1v) is 11.4. The second kappa shape index (κ2) is 10.3. The summed E-state index contributed by atoms with van der Waals surface area (Å²) in [7, 11) is 1.70. The molecular formula is C26H33NO4. The van der Waals surface area contributed by atoms with Crippen LogP contribution in [0.2, 0.25) is 0 Å². The maximum absolute atomic E-state index is 13.5. The molecule has 0 saturated carbocycles. The highest BCUT2D eigenvalue weighted by Gasteiger charge is 2.40. The molecule has 2 aromatic carbocycles. The molecule has 4 rings (SSSR count). The van der Waals surface area contributed by atoms with E-state index in [-0.39, 0.29) is 5.91 Å². The fraction of sp³-hybridized carbons (Fsp3) is 0.500. The van der Waals surface area contributed by atoms with E-state index >= 15 is 0 Å². The molecule has 2 saturated heterocycles. The lowest BCUT2D eigenvalue weighted by Gasteiger charge is -2.37. The number of para-hydroxylation sites is 1. The van der Waals surface area contributed by atoms with Crippen LogP contribution < -0.4 is 10.1 Å². The van der Waals surface area contributed by atoms with Crippen LogP contribution in [0.3, 0.4) is 0 Å². The molecule has 2 aromatic rings. The second-order valence-electron chi connectivity index (χ2n) is 8.69. The van der Waals surface area contributed by atoms with E-state index in [2.05, 4.69) is 29.6 Å². The zero-order valence-corrected chi connectivity index (χ0v) is 18.4. The van der Waals surface area contributed by atoms with Gasteiger partial charge in [0.05, 0.1) is 12.5 Å². The van der Waals surface area contributed by atoms with Gasteiger partial charge in [-0.2, -0.15) is 0 Å². The maximum atomic E-state index is 13.5. The minimum Gasteiger partial charge on any atom is -0.496 e. The molecule has 0 unspecified atom stereocenters. The first-order chi connectivity index (χ1) is 15.2. The lowest BCUT2D eigenvalue weighted by molar-refractivity contribution is -0.137. The molecule has 2 heterocycles. The standard InChI is InChI=1S/C26H33NO4/c1-29-24-9-5-4-8-23(24)22-7-3-2-6-21(22)18-26(12-16-31-17-13-26)25(28)27-19-20-10-14-30-15-11-20/h2-9,20H,10-19H2,1H3,(H,27,28). The molecule has 5 nitrogen and oxygen atoms in total. The molecule has 2 aliphatic heterocycles. The van der Waals surface area contributed by atoms with Crippen molar-refractivity contribution in [2.24, 2.45) is 11.3 Å². The van der Waals surface area contributed by atoms with Crippen molar-refractivity contribution in [2.75, 3.05) is 40.1 Å². The highest BCUT2D eigenvalue weighted by Crippen LogP contribution is 2.39. The van der Waals surface area contributed by atoms with E-state index < -0.39 is 5.41 Å². The van der Waals surface area contributed by atoms with Crippen LogP contribution in [0.5, 0.6) is 5.75 Å². The maximum Gasteiger partial charge on any atom is 0.226 e. The summed E-state index contributed by atoms with van der Waals surface area (Å²) in [6.07, 6.45) is 4.23. The number of benzene rings is 2. The number of nitrogens with one attached hydrogen (secondary N) is 1. The van der Waals surface area contributed by atoms with E-state index in [1.54, 1.807) is 7.11 Å². The molecule has 5 heteroatoms. The molecule has 0 radical (unpaired) electrons. The first kappa shape index (κ1) is 21.8. The van der Waals surface area contributed by atoms with Gasteiger partial charge in [-0.15, -0.1) is 0 Å². The number of hydrogen-bond donors (Lipinski definition) is 1. The number of methoxy groups -OCH3 is 1. The van der Waals surface area contributed by atoms with Gasteiger partial charge in [0.15, 0.2) is 0 Å². The molecule has 0 bridgehead atoms. The Morgan fingerprint density at radius 2 is 1.61 bits per heavy atom. The third-order valence-corrected chi connectivity index (χ3v) is 6.77. The number of ether oxygens (including phenoxy) is 3. The predicted molar refractivity (Wildman–Crippen MR) is 121 cm³/mol. The summed E-state index contributed by atoms with van der Waals surface area (Å²) in [6, 6.07) is 16.4. The summed E-state index contributed by atoms with van der Waals surface area (Å²) in [5, 5.41) is 3.29. The molecule has 1 N–H and O–H groups in total. The second-order valence-corrected chi connectivity index (χ2v) is 8.69. The van der Waals surface area contributed by atoms with Gasteiger partial charge < -0.3 is 19.5 Å². The average Bonchev–Trinajstić information content (AvgIpc) is 2.84. The molecule has 0 aromatic heterocycles. The van der Waals surface area contributed by atoms with Crippen molar-refractivity contribution in [3.05, 3.63) is 54.1 Å². The monoisotopic (exact) mass is 423 g/mol. The van der Waals surface area contributed by atoms with Gasteiger partial charge in [-0.1, -0.05) is 42.5 Å². The van der Waals surface area contributed by atoms with Crippen LogP contribution in [0.25, 0.3) is 11.1 Å². The number of hydrogen-bond acceptors (Lipinski definition) is 4. The van der Waals surface area contributed by atoms with Gasteiger partial charge >= 0.3 is 0 Å². The van der Waals surface area contributed by atoms with Gasteiger partial charge in [0, 0.05) is 38.5 Å². The van der Waals surface area contributed by atoms with Gasteiger partial charge in [-0.3, -0.25) is 4.79 Å².